The molecule has 47 valence electrons. The van der Waals surface area contributed by atoms with Crippen molar-refractivity contribution in [2.75, 3.05) is 0 Å². The molecule has 0 saturated heterocycles. The first-order chi connectivity index (χ1) is 3.80. The van der Waals surface area contributed by atoms with Gasteiger partial charge in [-0.3, -0.25) is 0 Å². The van der Waals surface area contributed by atoms with Crippen LogP contribution in [0.2, 0.25) is 0 Å². The number of aliphatic hydroxyl groups is 1. The van der Waals surface area contributed by atoms with Crippen LogP contribution in [-0.4, -0.2) is 11.2 Å². The molecule has 0 aromatic rings. The van der Waals surface area contributed by atoms with Gasteiger partial charge in [-0.2, -0.15) is 0 Å². The molecule has 1 radical (unpaired) electrons. The smallest absolute Gasteiger partial charge is 0.0568 e. The number of hydrogen-bond donors (Lipinski definition) is 1. The Morgan fingerprint density at radius 1 is 1.62 bits per heavy atom. The van der Waals surface area contributed by atoms with Crippen LogP contribution in [0.3, 0.4) is 0 Å². The minimum absolute atomic E-state index is 0.0521. The molecule has 1 fully saturated rings. The highest BCUT2D eigenvalue weighted by Gasteiger charge is 2.17. The standard InChI is InChI=1S/C7H13O/c1-6-4-2-3-5-7(6)8/h4,6-8H,2-3,5H2,1H3. The van der Waals surface area contributed by atoms with Crippen molar-refractivity contribution in [1.29, 1.82) is 0 Å². The highest BCUT2D eigenvalue weighted by atomic mass is 16.3. The van der Waals surface area contributed by atoms with Gasteiger partial charge in [-0.05, 0) is 25.2 Å². The first kappa shape index (κ1) is 6.09. The van der Waals surface area contributed by atoms with Gasteiger partial charge in [-0.25, -0.2) is 0 Å². The highest BCUT2D eigenvalue weighted by Crippen LogP contribution is 2.21. The van der Waals surface area contributed by atoms with Crippen LogP contribution in [0.15, 0.2) is 0 Å². The quantitative estimate of drug-likeness (QED) is 0.503. The molecule has 0 spiro atoms. The van der Waals surface area contributed by atoms with Crippen molar-refractivity contribution in [2.45, 2.75) is 32.3 Å². The number of hydrogen-bond acceptors (Lipinski definition) is 1. The summed E-state index contributed by atoms with van der Waals surface area (Å²) in [6.45, 7) is 2.07. The molecule has 0 heterocycles. The fraction of sp³-hybridized carbons (Fsp3) is 0.857. The van der Waals surface area contributed by atoms with Crippen molar-refractivity contribution in [2.24, 2.45) is 5.92 Å². The van der Waals surface area contributed by atoms with E-state index in [0.29, 0.717) is 5.92 Å². The second kappa shape index (κ2) is 2.49. The van der Waals surface area contributed by atoms with E-state index in [4.69, 9.17) is 5.11 Å². The topological polar surface area (TPSA) is 20.2 Å². The Morgan fingerprint density at radius 2 is 2.38 bits per heavy atom. The predicted molar refractivity (Wildman–Crippen MR) is 33.3 cm³/mol. The maximum absolute atomic E-state index is 9.15. The Bertz CT molecular complexity index is 60.8. The van der Waals surface area contributed by atoms with E-state index in [1.165, 1.54) is 12.8 Å². The van der Waals surface area contributed by atoms with Crippen LogP contribution in [0.25, 0.3) is 0 Å². The van der Waals surface area contributed by atoms with Crippen molar-refractivity contribution in [3.05, 3.63) is 6.42 Å². The Labute approximate surface area is 50.7 Å². The Kier molecular flexibility index (Phi) is 1.90. The summed E-state index contributed by atoms with van der Waals surface area (Å²) in [5, 5.41) is 9.15. The highest BCUT2D eigenvalue weighted by molar-refractivity contribution is 4.83. The largest absolute Gasteiger partial charge is 0.393 e. The minimum Gasteiger partial charge on any atom is -0.393 e. The summed E-state index contributed by atoms with van der Waals surface area (Å²) in [5.41, 5.74) is 0. The van der Waals surface area contributed by atoms with E-state index >= 15 is 0 Å². The van der Waals surface area contributed by atoms with Gasteiger partial charge < -0.3 is 5.11 Å². The lowest BCUT2D eigenvalue weighted by Crippen LogP contribution is -2.21. The third kappa shape index (κ3) is 1.22. The van der Waals surface area contributed by atoms with Crippen molar-refractivity contribution in [3.8, 4) is 0 Å². The van der Waals surface area contributed by atoms with Gasteiger partial charge in [-0.1, -0.05) is 13.3 Å². The van der Waals surface area contributed by atoms with E-state index in [-0.39, 0.29) is 6.10 Å². The van der Waals surface area contributed by atoms with Gasteiger partial charge in [-0.15, -0.1) is 0 Å². The monoisotopic (exact) mass is 113 g/mol. The van der Waals surface area contributed by atoms with Gasteiger partial charge >= 0.3 is 0 Å². The SMILES string of the molecule is CC1[CH]CCCC1O. The maximum Gasteiger partial charge on any atom is 0.0568 e. The van der Waals surface area contributed by atoms with E-state index in [9.17, 15) is 0 Å². The van der Waals surface area contributed by atoms with Crippen LogP contribution < -0.4 is 0 Å². The molecular weight excluding hydrogens is 100 g/mol. The van der Waals surface area contributed by atoms with E-state index in [1.807, 2.05) is 0 Å². The Morgan fingerprint density at radius 3 is 2.75 bits per heavy atom. The van der Waals surface area contributed by atoms with Gasteiger partial charge in [0.2, 0.25) is 0 Å². The zero-order valence-corrected chi connectivity index (χ0v) is 5.30. The average molecular weight is 113 g/mol. The molecule has 1 heteroatoms. The molecule has 1 saturated carbocycles. The molecule has 1 N–H and O–H groups in total. The molecule has 8 heavy (non-hydrogen) atoms. The first-order valence-corrected chi connectivity index (χ1v) is 3.32. The molecule has 2 atom stereocenters. The van der Waals surface area contributed by atoms with Gasteiger partial charge in [0.15, 0.2) is 0 Å². The second-order valence-electron chi connectivity index (χ2n) is 2.59. The molecular formula is C7H13O. The molecule has 2 unspecified atom stereocenters. The minimum atomic E-state index is -0.0521. The lowest BCUT2D eigenvalue weighted by molar-refractivity contribution is 0.104. The normalized spacial score (nSPS) is 39.8. The molecule has 1 aliphatic carbocycles. The van der Waals surface area contributed by atoms with E-state index in [0.717, 1.165) is 6.42 Å². The lowest BCUT2D eigenvalue weighted by Gasteiger charge is -2.22. The van der Waals surface area contributed by atoms with Crippen LogP contribution in [0.4, 0.5) is 0 Å². The van der Waals surface area contributed by atoms with Crippen LogP contribution in [0, 0.1) is 12.3 Å². The average Bonchev–Trinajstić information content (AvgIpc) is 1.77. The summed E-state index contributed by atoms with van der Waals surface area (Å²) in [4.78, 5) is 0. The zero-order valence-electron chi connectivity index (χ0n) is 5.30. The summed E-state index contributed by atoms with van der Waals surface area (Å²) >= 11 is 0. The van der Waals surface area contributed by atoms with Crippen LogP contribution >= 0.6 is 0 Å². The van der Waals surface area contributed by atoms with Crippen LogP contribution in [0.1, 0.15) is 26.2 Å². The molecule has 1 nitrogen and oxygen atoms in total. The van der Waals surface area contributed by atoms with Crippen molar-refractivity contribution >= 4 is 0 Å². The zero-order chi connectivity index (χ0) is 5.98. The van der Waals surface area contributed by atoms with E-state index < -0.39 is 0 Å². The molecule has 1 aliphatic rings. The third-order valence-corrected chi connectivity index (χ3v) is 1.85. The fourth-order valence-corrected chi connectivity index (χ4v) is 1.13. The van der Waals surface area contributed by atoms with E-state index in [1.54, 1.807) is 0 Å². The Hall–Kier alpha value is -0.0400. The number of aliphatic hydroxyl groups excluding tert-OH is 1. The summed E-state index contributed by atoms with van der Waals surface area (Å²) in [5.74, 6) is 0.434. The fourth-order valence-electron chi connectivity index (χ4n) is 1.13. The molecule has 0 aliphatic heterocycles. The third-order valence-electron chi connectivity index (χ3n) is 1.85. The maximum atomic E-state index is 9.15. The van der Waals surface area contributed by atoms with Crippen LogP contribution in [-0.2, 0) is 0 Å². The first-order valence-electron chi connectivity index (χ1n) is 3.32. The van der Waals surface area contributed by atoms with Gasteiger partial charge in [0, 0.05) is 0 Å². The van der Waals surface area contributed by atoms with Gasteiger partial charge in [0.1, 0.15) is 0 Å². The molecule has 0 bridgehead atoms. The Balaban J connectivity index is 2.28. The van der Waals surface area contributed by atoms with Crippen molar-refractivity contribution in [1.82, 2.24) is 0 Å². The van der Waals surface area contributed by atoms with Crippen LogP contribution in [0.5, 0.6) is 0 Å². The number of rotatable bonds is 0. The van der Waals surface area contributed by atoms with Gasteiger partial charge in [0.05, 0.1) is 6.10 Å². The van der Waals surface area contributed by atoms with Crippen molar-refractivity contribution < 1.29 is 5.11 Å². The molecule has 1 rings (SSSR count). The molecule has 0 aromatic carbocycles. The predicted octanol–water partition coefficient (Wildman–Crippen LogP) is 1.37. The van der Waals surface area contributed by atoms with E-state index in [2.05, 4.69) is 13.3 Å². The molecule has 0 aromatic heterocycles. The summed E-state index contributed by atoms with van der Waals surface area (Å²) in [6.07, 6.45) is 5.51. The molecule has 0 amide bonds. The summed E-state index contributed by atoms with van der Waals surface area (Å²) in [7, 11) is 0. The van der Waals surface area contributed by atoms with Gasteiger partial charge in [0.25, 0.3) is 0 Å². The summed E-state index contributed by atoms with van der Waals surface area (Å²) in [6, 6.07) is 0. The van der Waals surface area contributed by atoms with Crippen molar-refractivity contribution in [3.63, 3.8) is 0 Å². The second-order valence-corrected chi connectivity index (χ2v) is 2.59. The lowest BCUT2D eigenvalue weighted by atomic mass is 9.88. The summed E-state index contributed by atoms with van der Waals surface area (Å²) < 4.78 is 0.